The zero-order valence-electron chi connectivity index (χ0n) is 11.0. The van der Waals surface area contributed by atoms with Gasteiger partial charge < -0.3 is 20.5 Å². The van der Waals surface area contributed by atoms with Gasteiger partial charge >= 0.3 is 6.09 Å². The topological polar surface area (TPSA) is 73.6 Å². The molecule has 0 aliphatic carbocycles. The highest BCUT2D eigenvalue weighted by Gasteiger charge is 2.22. The second-order valence-corrected chi connectivity index (χ2v) is 5.52. The SMILES string of the molecule is CC(C)(C)OC(=O)NCC(N)C1CCCOC1. The highest BCUT2D eigenvalue weighted by atomic mass is 16.6. The zero-order valence-corrected chi connectivity index (χ0v) is 11.0. The van der Waals surface area contributed by atoms with Gasteiger partial charge in [0.2, 0.25) is 0 Å². The lowest BCUT2D eigenvalue weighted by atomic mass is 9.94. The molecule has 2 atom stereocenters. The molecule has 0 spiro atoms. The van der Waals surface area contributed by atoms with Crippen molar-refractivity contribution in [1.82, 2.24) is 5.32 Å². The molecule has 17 heavy (non-hydrogen) atoms. The lowest BCUT2D eigenvalue weighted by Crippen LogP contribution is -2.45. The maximum Gasteiger partial charge on any atom is 0.407 e. The van der Waals surface area contributed by atoms with Crippen LogP contribution in [0.2, 0.25) is 0 Å². The number of carbonyl (C=O) groups is 1. The molecule has 5 nitrogen and oxygen atoms in total. The Kier molecular flexibility index (Phi) is 5.21. The van der Waals surface area contributed by atoms with Crippen molar-refractivity contribution in [2.24, 2.45) is 11.7 Å². The quantitative estimate of drug-likeness (QED) is 0.784. The molecule has 100 valence electrons. The Morgan fingerprint density at radius 1 is 1.59 bits per heavy atom. The number of hydrogen-bond donors (Lipinski definition) is 2. The molecule has 1 aliphatic rings. The lowest BCUT2D eigenvalue weighted by Gasteiger charge is -2.28. The van der Waals surface area contributed by atoms with E-state index in [-0.39, 0.29) is 6.04 Å². The van der Waals surface area contributed by atoms with E-state index in [0.29, 0.717) is 19.1 Å². The van der Waals surface area contributed by atoms with Gasteiger partial charge in [-0.15, -0.1) is 0 Å². The fraction of sp³-hybridized carbons (Fsp3) is 0.917. The average molecular weight is 244 g/mol. The van der Waals surface area contributed by atoms with Crippen LogP contribution in [0.3, 0.4) is 0 Å². The van der Waals surface area contributed by atoms with E-state index in [1.807, 2.05) is 20.8 Å². The summed E-state index contributed by atoms with van der Waals surface area (Å²) in [6.45, 7) is 7.45. The monoisotopic (exact) mass is 244 g/mol. The van der Waals surface area contributed by atoms with Crippen LogP contribution in [0.25, 0.3) is 0 Å². The molecule has 1 fully saturated rings. The largest absolute Gasteiger partial charge is 0.444 e. The van der Waals surface area contributed by atoms with Crippen molar-refractivity contribution in [1.29, 1.82) is 0 Å². The van der Waals surface area contributed by atoms with Crippen LogP contribution in [0.4, 0.5) is 4.79 Å². The van der Waals surface area contributed by atoms with Gasteiger partial charge in [0.05, 0.1) is 6.61 Å². The molecule has 0 aromatic rings. The number of rotatable bonds is 3. The molecule has 1 saturated heterocycles. The van der Waals surface area contributed by atoms with Crippen LogP contribution < -0.4 is 11.1 Å². The first-order valence-electron chi connectivity index (χ1n) is 6.18. The number of carbonyl (C=O) groups excluding carboxylic acids is 1. The van der Waals surface area contributed by atoms with E-state index in [9.17, 15) is 4.79 Å². The number of amides is 1. The Balaban J connectivity index is 2.22. The third-order valence-corrected chi connectivity index (χ3v) is 2.68. The summed E-state index contributed by atoms with van der Waals surface area (Å²) in [5.41, 5.74) is 5.54. The van der Waals surface area contributed by atoms with Crippen molar-refractivity contribution >= 4 is 6.09 Å². The van der Waals surface area contributed by atoms with E-state index in [0.717, 1.165) is 19.4 Å². The minimum Gasteiger partial charge on any atom is -0.444 e. The number of nitrogens with one attached hydrogen (secondary N) is 1. The Labute approximate surface area is 103 Å². The van der Waals surface area contributed by atoms with Crippen molar-refractivity contribution in [2.75, 3.05) is 19.8 Å². The van der Waals surface area contributed by atoms with Crippen molar-refractivity contribution in [3.8, 4) is 0 Å². The van der Waals surface area contributed by atoms with Gasteiger partial charge in [0.1, 0.15) is 5.60 Å². The maximum atomic E-state index is 11.4. The van der Waals surface area contributed by atoms with Gasteiger partial charge in [-0.05, 0) is 39.5 Å². The fourth-order valence-electron chi connectivity index (χ4n) is 1.79. The van der Waals surface area contributed by atoms with Gasteiger partial charge in [0.15, 0.2) is 0 Å². The maximum absolute atomic E-state index is 11.4. The molecular weight excluding hydrogens is 220 g/mol. The van der Waals surface area contributed by atoms with Crippen molar-refractivity contribution < 1.29 is 14.3 Å². The molecule has 2 unspecified atom stereocenters. The van der Waals surface area contributed by atoms with Crippen LogP contribution in [-0.4, -0.2) is 37.5 Å². The highest BCUT2D eigenvalue weighted by Crippen LogP contribution is 2.16. The van der Waals surface area contributed by atoms with E-state index < -0.39 is 11.7 Å². The molecule has 0 radical (unpaired) electrons. The molecule has 0 aromatic heterocycles. The molecule has 0 aromatic carbocycles. The van der Waals surface area contributed by atoms with E-state index in [4.69, 9.17) is 15.2 Å². The Bertz CT molecular complexity index is 245. The molecule has 0 bridgehead atoms. The summed E-state index contributed by atoms with van der Waals surface area (Å²) in [4.78, 5) is 11.4. The Hall–Kier alpha value is -0.810. The highest BCUT2D eigenvalue weighted by molar-refractivity contribution is 5.67. The number of nitrogens with two attached hydrogens (primary N) is 1. The second-order valence-electron chi connectivity index (χ2n) is 5.52. The molecule has 1 heterocycles. The van der Waals surface area contributed by atoms with Crippen molar-refractivity contribution in [3.05, 3.63) is 0 Å². The number of hydrogen-bond acceptors (Lipinski definition) is 4. The van der Waals surface area contributed by atoms with Crippen LogP contribution in [0, 0.1) is 5.92 Å². The van der Waals surface area contributed by atoms with E-state index in [2.05, 4.69) is 5.32 Å². The standard InChI is InChI=1S/C12H24N2O3/c1-12(2,3)17-11(15)14-7-10(13)9-5-4-6-16-8-9/h9-10H,4-8,13H2,1-3H3,(H,14,15). The summed E-state index contributed by atoms with van der Waals surface area (Å²) in [6.07, 6.45) is 1.70. The fourth-order valence-corrected chi connectivity index (χ4v) is 1.79. The molecular formula is C12H24N2O3. The van der Waals surface area contributed by atoms with Gasteiger partial charge in [-0.2, -0.15) is 0 Å². The van der Waals surface area contributed by atoms with Crippen molar-refractivity contribution in [2.45, 2.75) is 45.3 Å². The van der Waals surface area contributed by atoms with Gasteiger partial charge in [-0.25, -0.2) is 4.79 Å². The summed E-state index contributed by atoms with van der Waals surface area (Å²) in [5, 5.41) is 2.69. The zero-order chi connectivity index (χ0) is 12.9. The predicted molar refractivity (Wildman–Crippen MR) is 65.8 cm³/mol. The van der Waals surface area contributed by atoms with Crippen LogP contribution in [0.1, 0.15) is 33.6 Å². The van der Waals surface area contributed by atoms with Gasteiger partial charge in [-0.1, -0.05) is 0 Å². The van der Waals surface area contributed by atoms with E-state index in [1.165, 1.54) is 0 Å². The first kappa shape index (κ1) is 14.3. The third kappa shape index (κ3) is 5.89. The first-order valence-corrected chi connectivity index (χ1v) is 6.18. The van der Waals surface area contributed by atoms with Crippen LogP contribution in [0.5, 0.6) is 0 Å². The van der Waals surface area contributed by atoms with Crippen molar-refractivity contribution in [3.63, 3.8) is 0 Å². The summed E-state index contributed by atoms with van der Waals surface area (Å²) in [5.74, 6) is 0.332. The van der Waals surface area contributed by atoms with Crippen LogP contribution >= 0.6 is 0 Å². The Morgan fingerprint density at radius 3 is 2.82 bits per heavy atom. The molecule has 3 N–H and O–H groups in total. The lowest BCUT2D eigenvalue weighted by molar-refractivity contribution is 0.0395. The summed E-state index contributed by atoms with van der Waals surface area (Å²) >= 11 is 0. The van der Waals surface area contributed by atoms with Gasteiger partial charge in [-0.3, -0.25) is 0 Å². The van der Waals surface area contributed by atoms with E-state index in [1.54, 1.807) is 0 Å². The minimum atomic E-state index is -0.470. The first-order chi connectivity index (χ1) is 7.88. The Morgan fingerprint density at radius 2 is 2.29 bits per heavy atom. The van der Waals surface area contributed by atoms with Gasteiger partial charge in [0.25, 0.3) is 0 Å². The summed E-state index contributed by atoms with van der Waals surface area (Å²) < 4.78 is 10.5. The molecule has 1 amide bonds. The molecule has 1 rings (SSSR count). The third-order valence-electron chi connectivity index (χ3n) is 2.68. The number of ether oxygens (including phenoxy) is 2. The van der Waals surface area contributed by atoms with Crippen LogP contribution in [-0.2, 0) is 9.47 Å². The smallest absolute Gasteiger partial charge is 0.407 e. The molecule has 1 aliphatic heterocycles. The van der Waals surface area contributed by atoms with E-state index >= 15 is 0 Å². The normalized spacial score (nSPS) is 22.9. The molecule has 5 heteroatoms. The van der Waals surface area contributed by atoms with Crippen LogP contribution in [0.15, 0.2) is 0 Å². The summed E-state index contributed by atoms with van der Waals surface area (Å²) in [6, 6.07) is -0.0668. The number of alkyl carbamates (subject to hydrolysis) is 1. The second kappa shape index (κ2) is 6.21. The average Bonchev–Trinajstić information content (AvgIpc) is 2.25. The summed E-state index contributed by atoms with van der Waals surface area (Å²) in [7, 11) is 0. The molecule has 0 saturated carbocycles. The predicted octanol–water partition coefficient (Wildman–Crippen LogP) is 1.27. The minimum absolute atomic E-state index is 0.0668. The van der Waals surface area contributed by atoms with Gasteiger partial charge in [0, 0.05) is 19.2 Å².